The van der Waals surface area contributed by atoms with E-state index < -0.39 is 0 Å². The van der Waals surface area contributed by atoms with Crippen molar-refractivity contribution < 1.29 is 4.74 Å². The first-order valence-corrected chi connectivity index (χ1v) is 6.01. The molecule has 0 fully saturated rings. The summed E-state index contributed by atoms with van der Waals surface area (Å²) in [5.74, 6) is 1.31. The highest BCUT2D eigenvalue weighted by Crippen LogP contribution is 2.28. The summed E-state index contributed by atoms with van der Waals surface area (Å²) in [6, 6.07) is 4.12. The molecule has 90 valence electrons. The van der Waals surface area contributed by atoms with Crippen molar-refractivity contribution in [3.8, 4) is 5.75 Å². The Morgan fingerprint density at radius 1 is 1.24 bits per heavy atom. The van der Waals surface area contributed by atoms with Crippen molar-refractivity contribution >= 4 is 10.9 Å². The van der Waals surface area contributed by atoms with E-state index in [1.807, 2.05) is 13.8 Å². The number of ether oxygens (including phenoxy) is 1. The molecule has 1 aromatic heterocycles. The van der Waals surface area contributed by atoms with E-state index in [0.29, 0.717) is 12.5 Å². The summed E-state index contributed by atoms with van der Waals surface area (Å²) in [6.07, 6.45) is 1.64. The fraction of sp³-hybridized carbons (Fsp3) is 0.429. The van der Waals surface area contributed by atoms with Crippen LogP contribution in [0.25, 0.3) is 10.9 Å². The molecule has 0 aliphatic heterocycles. The van der Waals surface area contributed by atoms with Gasteiger partial charge in [0.1, 0.15) is 12.1 Å². The molecule has 2 rings (SSSR count). The average molecular weight is 230 g/mol. The summed E-state index contributed by atoms with van der Waals surface area (Å²) < 4.78 is 5.62. The molecular weight excluding hydrogens is 212 g/mol. The van der Waals surface area contributed by atoms with Crippen LogP contribution in [-0.4, -0.2) is 16.6 Å². The normalized spacial score (nSPS) is 11.1. The van der Waals surface area contributed by atoms with Crippen LogP contribution in [0.2, 0.25) is 0 Å². The molecule has 0 saturated heterocycles. The van der Waals surface area contributed by atoms with Crippen molar-refractivity contribution in [2.45, 2.75) is 33.6 Å². The fourth-order valence-corrected chi connectivity index (χ4v) is 1.98. The monoisotopic (exact) mass is 230 g/mol. The van der Waals surface area contributed by atoms with Gasteiger partial charge in [-0.3, -0.25) is 0 Å². The third-order valence-electron chi connectivity index (χ3n) is 2.81. The second kappa shape index (κ2) is 4.70. The van der Waals surface area contributed by atoms with E-state index in [9.17, 15) is 0 Å². The summed E-state index contributed by atoms with van der Waals surface area (Å²) in [5, 5.41) is 1.09. The topological polar surface area (TPSA) is 35.0 Å². The molecule has 0 saturated carbocycles. The lowest BCUT2D eigenvalue weighted by Gasteiger charge is -2.12. The predicted octanol–water partition coefficient (Wildman–Crippen LogP) is 3.46. The minimum Gasteiger partial charge on any atom is -0.494 e. The molecule has 1 heterocycles. The van der Waals surface area contributed by atoms with Crippen LogP contribution in [0, 0.1) is 6.92 Å². The third kappa shape index (κ3) is 2.23. The smallest absolute Gasteiger partial charge is 0.122 e. The molecule has 0 aliphatic rings. The Bertz CT molecular complexity index is 535. The number of rotatable bonds is 3. The molecule has 0 unspecified atom stereocenters. The molecule has 0 radical (unpaired) electrons. The lowest BCUT2D eigenvalue weighted by molar-refractivity contribution is 0.338. The number of nitrogens with zero attached hydrogens (tertiary/aromatic N) is 2. The van der Waals surface area contributed by atoms with Crippen LogP contribution in [-0.2, 0) is 0 Å². The Balaban J connectivity index is 2.67. The van der Waals surface area contributed by atoms with E-state index in [1.54, 1.807) is 6.33 Å². The van der Waals surface area contributed by atoms with Gasteiger partial charge in [-0.1, -0.05) is 13.8 Å². The number of hydrogen-bond acceptors (Lipinski definition) is 3. The Morgan fingerprint density at radius 3 is 2.65 bits per heavy atom. The van der Waals surface area contributed by atoms with Crippen molar-refractivity contribution in [2.24, 2.45) is 0 Å². The molecule has 0 amide bonds. The van der Waals surface area contributed by atoms with Crippen LogP contribution < -0.4 is 4.74 Å². The highest BCUT2D eigenvalue weighted by molar-refractivity contribution is 5.83. The van der Waals surface area contributed by atoms with Crippen LogP contribution in [0.5, 0.6) is 5.75 Å². The number of fused-ring (bicyclic) bond motifs is 1. The molecule has 0 aliphatic carbocycles. The van der Waals surface area contributed by atoms with Crippen molar-refractivity contribution in [2.75, 3.05) is 6.61 Å². The van der Waals surface area contributed by atoms with Gasteiger partial charge in [0.15, 0.2) is 0 Å². The van der Waals surface area contributed by atoms with Crippen molar-refractivity contribution in [1.82, 2.24) is 9.97 Å². The van der Waals surface area contributed by atoms with Gasteiger partial charge in [0.05, 0.1) is 17.8 Å². The Kier molecular flexibility index (Phi) is 3.27. The van der Waals surface area contributed by atoms with Crippen molar-refractivity contribution in [3.63, 3.8) is 0 Å². The highest BCUT2D eigenvalue weighted by atomic mass is 16.5. The van der Waals surface area contributed by atoms with E-state index in [-0.39, 0.29) is 0 Å². The quantitative estimate of drug-likeness (QED) is 0.810. The van der Waals surface area contributed by atoms with Crippen LogP contribution in [0.15, 0.2) is 18.5 Å². The van der Waals surface area contributed by atoms with Gasteiger partial charge >= 0.3 is 0 Å². The molecule has 17 heavy (non-hydrogen) atoms. The molecular formula is C14H18N2O. The second-order valence-electron chi connectivity index (χ2n) is 4.48. The number of hydrogen-bond donors (Lipinski definition) is 0. The number of aryl methyl sites for hydroxylation is 1. The third-order valence-corrected chi connectivity index (χ3v) is 2.81. The number of aromatic nitrogens is 2. The van der Waals surface area contributed by atoms with Gasteiger partial charge in [-0.05, 0) is 37.5 Å². The largest absolute Gasteiger partial charge is 0.494 e. The van der Waals surface area contributed by atoms with Crippen molar-refractivity contribution in [3.05, 3.63) is 29.7 Å². The standard InChI is InChI=1S/C14H18N2O/c1-5-17-13-7-11-12(6-10(13)4)15-8-16-14(11)9(2)3/h6-9H,5H2,1-4H3. The van der Waals surface area contributed by atoms with E-state index in [4.69, 9.17) is 4.74 Å². The van der Waals surface area contributed by atoms with E-state index in [1.165, 1.54) is 0 Å². The summed E-state index contributed by atoms with van der Waals surface area (Å²) in [4.78, 5) is 8.69. The maximum absolute atomic E-state index is 5.62. The Morgan fingerprint density at radius 2 is 2.00 bits per heavy atom. The SMILES string of the molecule is CCOc1cc2c(C(C)C)ncnc2cc1C. The Hall–Kier alpha value is -1.64. The minimum absolute atomic E-state index is 0.387. The Labute approximate surface area is 102 Å². The second-order valence-corrected chi connectivity index (χ2v) is 4.48. The molecule has 0 spiro atoms. The fourth-order valence-electron chi connectivity index (χ4n) is 1.98. The lowest BCUT2D eigenvalue weighted by atomic mass is 10.0. The van der Waals surface area contributed by atoms with Gasteiger partial charge < -0.3 is 4.74 Å². The molecule has 0 bridgehead atoms. The first-order chi connectivity index (χ1) is 8.13. The summed E-state index contributed by atoms with van der Waals surface area (Å²) in [5.41, 5.74) is 3.19. The van der Waals surface area contributed by atoms with Crippen LogP contribution in [0.1, 0.15) is 37.9 Å². The van der Waals surface area contributed by atoms with Crippen molar-refractivity contribution in [1.29, 1.82) is 0 Å². The summed E-state index contributed by atoms with van der Waals surface area (Å²) >= 11 is 0. The summed E-state index contributed by atoms with van der Waals surface area (Å²) in [6.45, 7) is 9.00. The predicted molar refractivity (Wildman–Crippen MR) is 69.5 cm³/mol. The van der Waals surface area contributed by atoms with Gasteiger partial charge in [0.2, 0.25) is 0 Å². The molecule has 3 nitrogen and oxygen atoms in total. The van der Waals surface area contributed by atoms with Gasteiger partial charge in [-0.25, -0.2) is 9.97 Å². The first-order valence-electron chi connectivity index (χ1n) is 6.01. The minimum atomic E-state index is 0.387. The maximum Gasteiger partial charge on any atom is 0.122 e. The van der Waals surface area contributed by atoms with Crippen LogP contribution in [0.4, 0.5) is 0 Å². The van der Waals surface area contributed by atoms with Crippen LogP contribution in [0.3, 0.4) is 0 Å². The van der Waals surface area contributed by atoms with E-state index in [0.717, 1.165) is 27.9 Å². The van der Waals surface area contributed by atoms with Gasteiger partial charge in [-0.15, -0.1) is 0 Å². The maximum atomic E-state index is 5.62. The first kappa shape index (κ1) is 11.8. The zero-order valence-electron chi connectivity index (χ0n) is 10.8. The van der Waals surface area contributed by atoms with Gasteiger partial charge in [0.25, 0.3) is 0 Å². The zero-order chi connectivity index (χ0) is 12.4. The van der Waals surface area contributed by atoms with E-state index >= 15 is 0 Å². The highest BCUT2D eigenvalue weighted by Gasteiger charge is 2.10. The summed E-state index contributed by atoms with van der Waals surface area (Å²) in [7, 11) is 0. The van der Waals surface area contributed by atoms with Gasteiger partial charge in [-0.2, -0.15) is 0 Å². The van der Waals surface area contributed by atoms with Gasteiger partial charge in [0, 0.05) is 5.39 Å². The molecule has 0 N–H and O–H groups in total. The molecule has 3 heteroatoms. The lowest BCUT2D eigenvalue weighted by Crippen LogP contribution is -1.99. The zero-order valence-corrected chi connectivity index (χ0v) is 10.8. The molecule has 1 aromatic carbocycles. The molecule has 2 aromatic rings. The average Bonchev–Trinajstić information content (AvgIpc) is 2.29. The number of benzene rings is 1. The van der Waals surface area contributed by atoms with E-state index in [2.05, 4.69) is 35.9 Å². The van der Waals surface area contributed by atoms with Crippen LogP contribution >= 0.6 is 0 Å². The molecule has 0 atom stereocenters.